The summed E-state index contributed by atoms with van der Waals surface area (Å²) in [5.41, 5.74) is 0.975. The Hall–Kier alpha value is -0.560. The Morgan fingerprint density at radius 1 is 1.00 bits per heavy atom. The molecule has 0 spiro atoms. The van der Waals surface area contributed by atoms with Crippen LogP contribution < -0.4 is 18.9 Å². The van der Waals surface area contributed by atoms with Crippen molar-refractivity contribution in [3.63, 3.8) is 0 Å². The number of carbonyl (C=O) groups is 2. The van der Waals surface area contributed by atoms with Crippen molar-refractivity contribution in [2.75, 3.05) is 13.2 Å². The van der Waals surface area contributed by atoms with Gasteiger partial charge in [-0.3, -0.25) is 14.2 Å². The summed E-state index contributed by atoms with van der Waals surface area (Å²) in [6.45, 7) is 6.61. The maximum Gasteiger partial charge on any atom is 1.00 e. The first kappa shape index (κ1) is 32.1. The van der Waals surface area contributed by atoms with Crippen molar-refractivity contribution in [1.82, 2.24) is 0 Å². The molecule has 0 amide bonds. The van der Waals surface area contributed by atoms with Crippen LogP contribution in [0.4, 0.5) is 0 Å². The van der Waals surface area contributed by atoms with E-state index >= 15 is 0 Å². The normalized spacial score (nSPS) is 8.96. The first-order chi connectivity index (χ1) is 10.7. The molecule has 0 aromatic heterocycles. The standard InChI is InChI=1S/C11H17O3P.2C2H4O2.Al.Li.4H/c1-3-13-15(12,14-4-2)10-11-8-6-5-7-9-11;2*1-2(3)4;;;;;;/h5-9H,3-4,10H2,1-2H3;2*1H3,(H,3,4);;;;;;/q;;;;+1;;;;-1. The van der Waals surface area contributed by atoms with E-state index in [2.05, 4.69) is 0 Å². The van der Waals surface area contributed by atoms with Gasteiger partial charge in [-0.05, 0) is 19.4 Å². The molecular formula is C15H29AlLiO7P. The van der Waals surface area contributed by atoms with E-state index in [9.17, 15) is 4.57 Å². The van der Waals surface area contributed by atoms with E-state index < -0.39 is 19.5 Å². The van der Waals surface area contributed by atoms with Crippen LogP contribution in [0.1, 0.15) is 34.7 Å². The first-order valence-electron chi connectivity index (χ1n) is 6.98. The molecular weight excluding hydrogens is 357 g/mol. The summed E-state index contributed by atoms with van der Waals surface area (Å²) in [5, 5.41) is 14.8. The Bertz CT molecular complexity index is 476. The topological polar surface area (TPSA) is 110 Å². The first-order valence-corrected chi connectivity index (χ1v) is 8.70. The Kier molecular flexibility index (Phi) is 25.4. The third kappa shape index (κ3) is 25.8. The second-order valence-corrected chi connectivity index (χ2v) is 6.18. The van der Waals surface area contributed by atoms with Crippen molar-refractivity contribution >= 4 is 36.9 Å². The number of hydrogen-bond acceptors (Lipinski definition) is 5. The Balaban J connectivity index is -0.000000115. The minimum absolute atomic E-state index is 0. The van der Waals surface area contributed by atoms with Crippen molar-refractivity contribution in [2.45, 2.75) is 33.9 Å². The Labute approximate surface area is 173 Å². The van der Waals surface area contributed by atoms with Gasteiger partial charge in [0.1, 0.15) is 0 Å². The van der Waals surface area contributed by atoms with Crippen molar-refractivity contribution in [3.05, 3.63) is 35.9 Å². The molecule has 0 radical (unpaired) electrons. The number of carboxylic acids is 2. The zero-order valence-corrected chi connectivity index (χ0v) is 15.8. The molecule has 1 rings (SSSR count). The number of carboxylic acid groups (broad SMARTS) is 2. The molecule has 0 saturated carbocycles. The van der Waals surface area contributed by atoms with Crippen LogP contribution in [-0.2, 0) is 29.4 Å². The summed E-state index contributed by atoms with van der Waals surface area (Å²) in [6, 6.07) is 9.60. The van der Waals surface area contributed by atoms with Crippen LogP contribution in [0.2, 0.25) is 0 Å². The van der Waals surface area contributed by atoms with Gasteiger partial charge in [0.25, 0.3) is 11.9 Å². The van der Waals surface area contributed by atoms with E-state index in [1.54, 1.807) is 0 Å². The summed E-state index contributed by atoms with van der Waals surface area (Å²) in [4.78, 5) is 18.0. The van der Waals surface area contributed by atoms with Crippen molar-refractivity contribution in [3.8, 4) is 0 Å². The largest absolute Gasteiger partial charge is 1.00 e. The van der Waals surface area contributed by atoms with Crippen LogP contribution in [0.3, 0.4) is 0 Å². The molecule has 25 heavy (non-hydrogen) atoms. The molecule has 7 nitrogen and oxygen atoms in total. The van der Waals surface area contributed by atoms with Gasteiger partial charge in [0.2, 0.25) is 0 Å². The zero-order valence-electron chi connectivity index (χ0n) is 15.9. The molecule has 0 aliphatic heterocycles. The Morgan fingerprint density at radius 3 is 1.60 bits per heavy atom. The minimum atomic E-state index is -2.94. The average Bonchev–Trinajstić information content (AvgIpc) is 2.38. The molecule has 0 heterocycles. The van der Waals surface area contributed by atoms with E-state index in [4.69, 9.17) is 28.8 Å². The van der Waals surface area contributed by atoms with E-state index in [1.165, 1.54) is 0 Å². The number of hydrogen-bond donors (Lipinski definition) is 2. The van der Waals surface area contributed by atoms with Gasteiger partial charge < -0.3 is 20.7 Å². The fraction of sp³-hybridized carbons (Fsp3) is 0.467. The van der Waals surface area contributed by atoms with E-state index in [-0.39, 0.29) is 37.6 Å². The molecule has 1 aromatic rings. The molecule has 0 atom stereocenters. The summed E-state index contributed by atoms with van der Waals surface area (Å²) < 4.78 is 22.6. The van der Waals surface area contributed by atoms with Gasteiger partial charge in [-0.25, -0.2) is 0 Å². The van der Waals surface area contributed by atoms with Gasteiger partial charge in [0.15, 0.2) is 17.4 Å². The van der Waals surface area contributed by atoms with Gasteiger partial charge in [-0.15, -0.1) is 0 Å². The van der Waals surface area contributed by atoms with Crippen LogP contribution in [0.5, 0.6) is 0 Å². The monoisotopic (exact) mass is 386 g/mol. The number of rotatable bonds is 6. The van der Waals surface area contributed by atoms with E-state index in [0.29, 0.717) is 19.4 Å². The molecule has 0 fully saturated rings. The van der Waals surface area contributed by atoms with Gasteiger partial charge in [-0.2, -0.15) is 0 Å². The predicted molar refractivity (Wildman–Crippen MR) is 98.7 cm³/mol. The van der Waals surface area contributed by atoms with Crippen LogP contribution in [0, 0.1) is 0 Å². The predicted octanol–water partition coefficient (Wildman–Crippen LogP) is -0.433. The van der Waals surface area contributed by atoms with Crippen LogP contribution in [-0.4, -0.2) is 52.7 Å². The molecule has 0 saturated heterocycles. The zero-order chi connectivity index (χ0) is 18.3. The fourth-order valence-electron chi connectivity index (χ4n) is 1.33. The van der Waals surface area contributed by atoms with Crippen molar-refractivity contribution in [2.24, 2.45) is 0 Å². The molecule has 1 aromatic carbocycles. The number of aliphatic carboxylic acids is 2. The second-order valence-electron chi connectivity index (χ2n) is 4.13. The third-order valence-corrected chi connectivity index (χ3v) is 3.93. The molecule has 2 N–H and O–H groups in total. The molecule has 0 bridgehead atoms. The molecule has 0 unspecified atom stereocenters. The molecule has 0 aliphatic carbocycles. The maximum absolute atomic E-state index is 12.1. The van der Waals surface area contributed by atoms with Crippen molar-refractivity contribution in [1.29, 1.82) is 0 Å². The minimum Gasteiger partial charge on any atom is -1.00 e. The van der Waals surface area contributed by atoms with Gasteiger partial charge >= 0.3 is 26.5 Å². The summed E-state index contributed by atoms with van der Waals surface area (Å²) in [5.74, 6) is -1.67. The number of benzene rings is 1. The van der Waals surface area contributed by atoms with E-state index in [1.807, 2.05) is 44.2 Å². The van der Waals surface area contributed by atoms with E-state index in [0.717, 1.165) is 19.4 Å². The van der Waals surface area contributed by atoms with Gasteiger partial charge in [0, 0.05) is 13.8 Å². The Morgan fingerprint density at radius 2 is 1.32 bits per heavy atom. The fourth-order valence-corrected chi connectivity index (χ4v) is 3.03. The average molecular weight is 386 g/mol. The summed E-state index contributed by atoms with van der Waals surface area (Å²) in [7, 11) is -2.94. The van der Waals surface area contributed by atoms with Crippen LogP contribution in [0.25, 0.3) is 0 Å². The SMILES string of the molecule is CC(=O)O.CC(=O)O.CCOP(=O)(Cc1ccccc1)OCC.[AlH3].[H-].[Li+]. The molecule has 140 valence electrons. The smallest absolute Gasteiger partial charge is 1.00 e. The van der Waals surface area contributed by atoms with Crippen LogP contribution >= 0.6 is 7.60 Å². The maximum atomic E-state index is 12.1. The molecule has 10 heteroatoms. The van der Waals surface area contributed by atoms with Crippen molar-refractivity contribution < 1.29 is 53.7 Å². The second kappa shape index (κ2) is 19.8. The van der Waals surface area contributed by atoms with Gasteiger partial charge in [-0.1, -0.05) is 30.3 Å². The quantitative estimate of drug-likeness (QED) is 0.504. The van der Waals surface area contributed by atoms with Crippen LogP contribution in [0.15, 0.2) is 30.3 Å². The third-order valence-electron chi connectivity index (χ3n) is 1.87. The van der Waals surface area contributed by atoms with Gasteiger partial charge in [0.05, 0.1) is 19.4 Å². The molecule has 0 aliphatic rings. The summed E-state index contributed by atoms with van der Waals surface area (Å²) in [6.07, 6.45) is 0.343. The summed E-state index contributed by atoms with van der Waals surface area (Å²) >= 11 is 0.